The molecule has 0 aromatic heterocycles. The van der Waals surface area contributed by atoms with Gasteiger partial charge in [0.1, 0.15) is 0 Å². The van der Waals surface area contributed by atoms with E-state index in [9.17, 15) is 0 Å². The molecular formula is C17H30N2. The van der Waals surface area contributed by atoms with Crippen molar-refractivity contribution < 1.29 is 0 Å². The molecular weight excluding hydrogens is 232 g/mol. The summed E-state index contributed by atoms with van der Waals surface area (Å²) >= 11 is 0. The van der Waals surface area contributed by atoms with Gasteiger partial charge in [-0.15, -0.1) is 0 Å². The van der Waals surface area contributed by atoms with Gasteiger partial charge < -0.3 is 10.2 Å². The molecule has 0 spiro atoms. The van der Waals surface area contributed by atoms with Crippen LogP contribution in [0.2, 0.25) is 0 Å². The largest absolute Gasteiger partial charge is 0.369 e. The first-order valence-corrected chi connectivity index (χ1v) is 7.52. The van der Waals surface area contributed by atoms with Gasteiger partial charge in [0.25, 0.3) is 0 Å². The maximum atomic E-state index is 3.51. The Labute approximate surface area is 119 Å². The predicted molar refractivity (Wildman–Crippen MR) is 85.9 cm³/mol. The molecule has 0 saturated carbocycles. The zero-order valence-electron chi connectivity index (χ0n) is 13.5. The minimum Gasteiger partial charge on any atom is -0.369 e. The third-order valence-electron chi connectivity index (χ3n) is 3.49. The van der Waals surface area contributed by atoms with Crippen LogP contribution >= 0.6 is 0 Å². The van der Waals surface area contributed by atoms with Crippen LogP contribution < -0.4 is 10.2 Å². The van der Waals surface area contributed by atoms with Crippen LogP contribution in [-0.2, 0) is 6.54 Å². The number of hydrogen-bond donors (Lipinski definition) is 1. The molecule has 0 atom stereocenters. The normalized spacial score (nSPS) is 11.4. The van der Waals surface area contributed by atoms with Crippen molar-refractivity contribution in [3.8, 4) is 0 Å². The summed E-state index contributed by atoms with van der Waals surface area (Å²) in [6.07, 6.45) is 0. The van der Waals surface area contributed by atoms with E-state index < -0.39 is 0 Å². The summed E-state index contributed by atoms with van der Waals surface area (Å²) in [6, 6.07) is 7.39. The molecule has 1 rings (SSSR count). The van der Waals surface area contributed by atoms with Crippen LogP contribution in [0.15, 0.2) is 18.2 Å². The molecule has 2 nitrogen and oxygen atoms in total. The van der Waals surface area contributed by atoms with E-state index in [0.29, 0.717) is 12.0 Å². The Kier molecular flexibility index (Phi) is 6.36. The number of rotatable bonds is 7. The maximum absolute atomic E-state index is 3.51. The average molecular weight is 262 g/mol. The summed E-state index contributed by atoms with van der Waals surface area (Å²) in [7, 11) is 0. The summed E-state index contributed by atoms with van der Waals surface area (Å²) in [4.78, 5) is 2.43. The van der Waals surface area contributed by atoms with Gasteiger partial charge in [0.15, 0.2) is 0 Å². The molecule has 0 saturated heterocycles. The van der Waals surface area contributed by atoms with Crippen molar-refractivity contribution in [3.63, 3.8) is 0 Å². The smallest absolute Gasteiger partial charge is 0.0371 e. The Morgan fingerprint density at radius 3 is 2.32 bits per heavy atom. The Morgan fingerprint density at radius 1 is 1.16 bits per heavy atom. The molecule has 0 heterocycles. The number of nitrogens with one attached hydrogen (secondary N) is 1. The number of aryl methyl sites for hydroxylation is 1. The molecule has 0 bridgehead atoms. The molecule has 0 amide bonds. The molecule has 0 unspecified atom stereocenters. The average Bonchev–Trinajstić information content (AvgIpc) is 2.32. The van der Waals surface area contributed by atoms with Gasteiger partial charge in [0.2, 0.25) is 0 Å². The van der Waals surface area contributed by atoms with Crippen molar-refractivity contribution in [2.75, 3.05) is 18.0 Å². The third-order valence-corrected chi connectivity index (χ3v) is 3.49. The van der Waals surface area contributed by atoms with Crippen LogP contribution in [0.4, 0.5) is 5.69 Å². The molecule has 0 radical (unpaired) electrons. The molecule has 1 N–H and O–H groups in total. The summed E-state index contributed by atoms with van der Waals surface area (Å²) in [6.45, 7) is 16.5. The molecule has 0 fully saturated rings. The van der Waals surface area contributed by atoms with Crippen molar-refractivity contribution in [3.05, 3.63) is 29.3 Å². The lowest BCUT2D eigenvalue weighted by Gasteiger charge is -2.28. The van der Waals surface area contributed by atoms with Gasteiger partial charge in [0.05, 0.1) is 0 Å². The molecule has 1 aromatic carbocycles. The fraction of sp³-hybridized carbons (Fsp3) is 0.647. The number of benzene rings is 1. The molecule has 1 aromatic rings. The van der Waals surface area contributed by atoms with Crippen molar-refractivity contribution in [2.24, 2.45) is 5.92 Å². The lowest BCUT2D eigenvalue weighted by molar-refractivity contribution is 0.551. The minimum absolute atomic E-state index is 0.550. The molecule has 108 valence electrons. The number of anilines is 1. The lowest BCUT2D eigenvalue weighted by atomic mass is 10.1. The van der Waals surface area contributed by atoms with E-state index in [-0.39, 0.29) is 0 Å². The minimum atomic E-state index is 0.550. The first kappa shape index (κ1) is 16.0. The fourth-order valence-electron chi connectivity index (χ4n) is 2.40. The van der Waals surface area contributed by atoms with Gasteiger partial charge in [-0.1, -0.05) is 19.9 Å². The second-order valence-electron chi connectivity index (χ2n) is 6.02. The van der Waals surface area contributed by atoms with Gasteiger partial charge in [-0.3, -0.25) is 0 Å². The first-order valence-electron chi connectivity index (χ1n) is 7.52. The molecule has 0 aliphatic heterocycles. The summed E-state index contributed by atoms with van der Waals surface area (Å²) in [5, 5.41) is 3.51. The molecule has 2 heteroatoms. The monoisotopic (exact) mass is 262 g/mol. The zero-order chi connectivity index (χ0) is 14.4. The highest BCUT2D eigenvalue weighted by Crippen LogP contribution is 2.21. The van der Waals surface area contributed by atoms with Crippen LogP contribution in [0.5, 0.6) is 0 Å². The Bertz CT molecular complexity index is 383. The lowest BCUT2D eigenvalue weighted by Crippen LogP contribution is -2.30. The highest BCUT2D eigenvalue weighted by atomic mass is 15.1. The van der Waals surface area contributed by atoms with E-state index in [1.54, 1.807) is 0 Å². The van der Waals surface area contributed by atoms with Crippen molar-refractivity contribution in [1.82, 2.24) is 5.32 Å². The van der Waals surface area contributed by atoms with Gasteiger partial charge in [-0.05, 0) is 63.4 Å². The Morgan fingerprint density at radius 2 is 1.84 bits per heavy atom. The highest BCUT2D eigenvalue weighted by Gasteiger charge is 2.09. The van der Waals surface area contributed by atoms with Crippen LogP contribution in [0.25, 0.3) is 0 Å². The third kappa shape index (κ3) is 4.87. The van der Waals surface area contributed by atoms with E-state index in [1.165, 1.54) is 16.8 Å². The zero-order valence-corrected chi connectivity index (χ0v) is 13.5. The molecule has 19 heavy (non-hydrogen) atoms. The van der Waals surface area contributed by atoms with Crippen molar-refractivity contribution in [1.29, 1.82) is 0 Å². The predicted octanol–water partition coefficient (Wildman–Crippen LogP) is 3.98. The topological polar surface area (TPSA) is 15.3 Å². The van der Waals surface area contributed by atoms with Gasteiger partial charge in [-0.25, -0.2) is 0 Å². The van der Waals surface area contributed by atoms with Crippen molar-refractivity contribution >= 4 is 5.69 Å². The van der Waals surface area contributed by atoms with Crippen molar-refractivity contribution in [2.45, 2.75) is 54.1 Å². The SMILES string of the molecule is CCN(c1ccc(CNCC(C)C)c(C)c1)C(C)C. The number of nitrogens with zero attached hydrogens (tertiary/aromatic N) is 1. The van der Waals surface area contributed by atoms with E-state index in [1.807, 2.05) is 0 Å². The summed E-state index contributed by atoms with van der Waals surface area (Å²) in [5.74, 6) is 0.705. The van der Waals surface area contributed by atoms with Gasteiger partial charge in [-0.2, -0.15) is 0 Å². The second kappa shape index (κ2) is 7.54. The van der Waals surface area contributed by atoms with E-state index in [0.717, 1.165) is 19.6 Å². The molecule has 0 aliphatic carbocycles. The van der Waals surface area contributed by atoms with Crippen LogP contribution in [0, 0.1) is 12.8 Å². The second-order valence-corrected chi connectivity index (χ2v) is 6.02. The van der Waals surface area contributed by atoms with Crippen LogP contribution in [-0.4, -0.2) is 19.1 Å². The van der Waals surface area contributed by atoms with E-state index >= 15 is 0 Å². The quantitative estimate of drug-likeness (QED) is 0.799. The molecule has 0 aliphatic rings. The Balaban J connectivity index is 2.73. The van der Waals surface area contributed by atoms with E-state index in [2.05, 4.69) is 70.0 Å². The Hall–Kier alpha value is -1.02. The van der Waals surface area contributed by atoms with Crippen LogP contribution in [0.1, 0.15) is 45.7 Å². The first-order chi connectivity index (χ1) is 8.95. The van der Waals surface area contributed by atoms with Gasteiger partial charge in [0, 0.05) is 24.8 Å². The standard InChI is InChI=1S/C17H30N2/c1-7-19(14(4)5)17-9-8-16(15(6)10-17)12-18-11-13(2)3/h8-10,13-14,18H,7,11-12H2,1-6H3. The highest BCUT2D eigenvalue weighted by molar-refractivity contribution is 5.51. The maximum Gasteiger partial charge on any atom is 0.0371 e. The van der Waals surface area contributed by atoms with E-state index in [4.69, 9.17) is 0 Å². The van der Waals surface area contributed by atoms with Gasteiger partial charge >= 0.3 is 0 Å². The summed E-state index contributed by atoms with van der Waals surface area (Å²) in [5.41, 5.74) is 4.12. The summed E-state index contributed by atoms with van der Waals surface area (Å²) < 4.78 is 0. The fourth-order valence-corrected chi connectivity index (χ4v) is 2.40. The number of hydrogen-bond acceptors (Lipinski definition) is 2. The van der Waals surface area contributed by atoms with Crippen LogP contribution in [0.3, 0.4) is 0 Å².